The maximum absolute atomic E-state index is 3.47. The molecular formula is C3H4N4. The molecule has 0 unspecified atom stereocenters. The van der Waals surface area contributed by atoms with Crippen molar-refractivity contribution in [1.82, 2.24) is 15.1 Å². The normalized spacial score (nSPS) is 8.57. The first kappa shape index (κ1) is 3.98. The molecule has 7 heavy (non-hydrogen) atoms. The smallest absolute Gasteiger partial charge is 0.0716 e. The fourth-order valence-corrected chi connectivity index (χ4v) is 0.277. The lowest BCUT2D eigenvalue weighted by Gasteiger charge is -1.77. The lowest BCUT2D eigenvalue weighted by Crippen LogP contribution is -1.85. The molecule has 0 fully saturated rings. The van der Waals surface area contributed by atoms with Crippen LogP contribution in [0.15, 0.2) is 17.5 Å². The zero-order valence-electron chi connectivity index (χ0n) is 3.65. The Morgan fingerprint density at radius 2 is 2.57 bits per heavy atom. The third-order valence-electron chi connectivity index (χ3n) is 0.555. The monoisotopic (exact) mass is 96.0 g/mol. The molecule has 0 aliphatic carbocycles. The van der Waals surface area contributed by atoms with Crippen LogP contribution in [0, 0.1) is 0 Å². The third-order valence-corrected chi connectivity index (χ3v) is 0.555. The summed E-state index contributed by atoms with van der Waals surface area (Å²) in [6.07, 6.45) is 3.14. The van der Waals surface area contributed by atoms with Crippen LogP contribution in [0.2, 0.25) is 0 Å². The van der Waals surface area contributed by atoms with Gasteiger partial charge in [-0.2, -0.15) is 5.10 Å². The van der Waals surface area contributed by atoms with Gasteiger partial charge in [0.1, 0.15) is 0 Å². The third kappa shape index (κ3) is 0.623. The molecule has 0 bridgehead atoms. The molecule has 0 amide bonds. The molecule has 0 aliphatic rings. The van der Waals surface area contributed by atoms with Crippen molar-refractivity contribution in [3.05, 3.63) is 12.4 Å². The molecule has 1 aromatic rings. The number of nitrogens with zero attached hydrogens (tertiary/aromatic N) is 4. The Kier molecular flexibility index (Phi) is 0.856. The largest absolute Gasteiger partial charge is 0.166 e. The summed E-state index contributed by atoms with van der Waals surface area (Å²) in [7, 11) is 0. The lowest BCUT2D eigenvalue weighted by molar-refractivity contribution is 0.699. The predicted octanol–water partition coefficient (Wildman–Crippen LogP) is -0.258. The van der Waals surface area contributed by atoms with E-state index in [0.717, 1.165) is 0 Å². The maximum Gasteiger partial charge on any atom is 0.0716 e. The molecule has 0 atom stereocenters. The minimum atomic E-state index is 1.28. The molecular weight excluding hydrogens is 92.1 g/mol. The van der Waals surface area contributed by atoms with Gasteiger partial charge in [-0.25, -0.2) is 0 Å². The summed E-state index contributed by atoms with van der Waals surface area (Å²) in [5.41, 5.74) is 0. The van der Waals surface area contributed by atoms with Crippen molar-refractivity contribution in [2.75, 3.05) is 0 Å². The first-order valence-electron chi connectivity index (χ1n) is 1.77. The molecule has 1 aromatic heterocycles. The SMILES string of the molecule is C=Nn1ccnn1. The highest BCUT2D eigenvalue weighted by Gasteiger charge is 1.76. The molecule has 0 aliphatic heterocycles. The van der Waals surface area contributed by atoms with E-state index in [-0.39, 0.29) is 0 Å². The molecule has 0 saturated heterocycles. The summed E-state index contributed by atoms with van der Waals surface area (Å²) in [5.74, 6) is 0. The van der Waals surface area contributed by atoms with Crippen LogP contribution < -0.4 is 0 Å². The molecule has 0 saturated carbocycles. The van der Waals surface area contributed by atoms with Gasteiger partial charge in [-0.15, -0.1) is 9.89 Å². The van der Waals surface area contributed by atoms with Gasteiger partial charge in [0.2, 0.25) is 0 Å². The number of rotatable bonds is 1. The van der Waals surface area contributed by atoms with Gasteiger partial charge in [-0.1, -0.05) is 0 Å². The highest BCUT2D eigenvalue weighted by atomic mass is 15.6. The van der Waals surface area contributed by atoms with Crippen molar-refractivity contribution in [2.24, 2.45) is 5.10 Å². The van der Waals surface area contributed by atoms with Crippen LogP contribution >= 0.6 is 0 Å². The molecule has 4 nitrogen and oxygen atoms in total. The van der Waals surface area contributed by atoms with Gasteiger partial charge in [-0.05, 0) is 5.21 Å². The fraction of sp³-hybridized carbons (Fsp3) is 0. The molecule has 0 aromatic carbocycles. The van der Waals surface area contributed by atoms with Gasteiger partial charge in [0.15, 0.2) is 0 Å². The molecule has 1 heterocycles. The Bertz CT molecular complexity index is 142. The van der Waals surface area contributed by atoms with E-state index >= 15 is 0 Å². The van der Waals surface area contributed by atoms with Crippen molar-refractivity contribution in [3.63, 3.8) is 0 Å². The van der Waals surface area contributed by atoms with Crippen LogP contribution in [0.1, 0.15) is 0 Å². The van der Waals surface area contributed by atoms with E-state index in [4.69, 9.17) is 0 Å². The van der Waals surface area contributed by atoms with Crippen LogP contribution in [-0.2, 0) is 0 Å². The second-order valence-electron chi connectivity index (χ2n) is 0.965. The minimum Gasteiger partial charge on any atom is -0.166 e. The molecule has 1 rings (SSSR count). The van der Waals surface area contributed by atoms with Crippen molar-refractivity contribution >= 4 is 6.72 Å². The van der Waals surface area contributed by atoms with Crippen LogP contribution in [0.5, 0.6) is 0 Å². The van der Waals surface area contributed by atoms with Crippen LogP contribution in [0.3, 0.4) is 0 Å². The summed E-state index contributed by atoms with van der Waals surface area (Å²) < 4.78 is 0. The second-order valence-corrected chi connectivity index (χ2v) is 0.965. The van der Waals surface area contributed by atoms with Gasteiger partial charge < -0.3 is 0 Å². The van der Waals surface area contributed by atoms with E-state index < -0.39 is 0 Å². The predicted molar refractivity (Wildman–Crippen MR) is 25.0 cm³/mol. The van der Waals surface area contributed by atoms with Crippen molar-refractivity contribution < 1.29 is 0 Å². The average Bonchev–Trinajstić information content (AvgIpc) is 2.14. The number of aromatic nitrogens is 3. The summed E-state index contributed by atoms with van der Waals surface area (Å²) in [4.78, 5) is 1.28. The fourth-order valence-electron chi connectivity index (χ4n) is 0.277. The van der Waals surface area contributed by atoms with E-state index in [9.17, 15) is 0 Å². The first-order chi connectivity index (χ1) is 3.43. The van der Waals surface area contributed by atoms with Gasteiger partial charge in [0.25, 0.3) is 0 Å². The highest BCUT2D eigenvalue weighted by Crippen LogP contribution is 1.72. The molecule has 0 spiro atoms. The van der Waals surface area contributed by atoms with Crippen LogP contribution in [0.25, 0.3) is 0 Å². The summed E-state index contributed by atoms with van der Waals surface area (Å²) in [5, 5.41) is 10.4. The number of hydrogen-bond donors (Lipinski definition) is 0. The van der Waals surface area contributed by atoms with Gasteiger partial charge in [0.05, 0.1) is 12.4 Å². The van der Waals surface area contributed by atoms with E-state index in [0.29, 0.717) is 0 Å². The van der Waals surface area contributed by atoms with Crippen LogP contribution in [-0.4, -0.2) is 21.8 Å². The number of hydrogen-bond acceptors (Lipinski definition) is 3. The molecule has 0 radical (unpaired) electrons. The summed E-state index contributed by atoms with van der Waals surface area (Å²) in [6, 6.07) is 0. The van der Waals surface area contributed by atoms with E-state index in [2.05, 4.69) is 22.1 Å². The maximum atomic E-state index is 3.47. The Morgan fingerprint density at radius 1 is 1.71 bits per heavy atom. The van der Waals surface area contributed by atoms with E-state index in [1.807, 2.05) is 0 Å². The zero-order valence-corrected chi connectivity index (χ0v) is 3.65. The summed E-state index contributed by atoms with van der Waals surface area (Å²) in [6.45, 7) is 3.21. The van der Waals surface area contributed by atoms with E-state index in [1.54, 1.807) is 6.20 Å². The minimum absolute atomic E-state index is 1.28. The Balaban J connectivity index is 2.96. The van der Waals surface area contributed by atoms with Crippen LogP contribution in [0.4, 0.5) is 0 Å². The summed E-state index contributed by atoms with van der Waals surface area (Å²) >= 11 is 0. The van der Waals surface area contributed by atoms with Crippen molar-refractivity contribution in [2.45, 2.75) is 0 Å². The standard InChI is InChI=1S/C3H4N4/c1-4-7-3-2-5-6-7/h2-3H,1H2. The molecule has 0 N–H and O–H groups in total. The van der Waals surface area contributed by atoms with Crippen molar-refractivity contribution in [1.29, 1.82) is 0 Å². The lowest BCUT2D eigenvalue weighted by atomic mass is 11.0. The second kappa shape index (κ2) is 1.51. The Morgan fingerprint density at radius 3 is 2.86 bits per heavy atom. The Labute approximate surface area is 40.5 Å². The van der Waals surface area contributed by atoms with Gasteiger partial charge in [0, 0.05) is 6.72 Å². The zero-order chi connectivity index (χ0) is 5.11. The average molecular weight is 96.1 g/mol. The van der Waals surface area contributed by atoms with E-state index in [1.165, 1.54) is 11.0 Å². The topological polar surface area (TPSA) is 43.1 Å². The Hall–Kier alpha value is -1.19. The quantitative estimate of drug-likeness (QED) is 0.452. The van der Waals surface area contributed by atoms with Gasteiger partial charge >= 0.3 is 0 Å². The van der Waals surface area contributed by atoms with Gasteiger partial charge in [-0.3, -0.25) is 0 Å². The van der Waals surface area contributed by atoms with Crippen molar-refractivity contribution in [3.8, 4) is 0 Å². The molecule has 4 heteroatoms. The highest BCUT2D eigenvalue weighted by molar-refractivity contribution is 5.22. The first-order valence-corrected chi connectivity index (χ1v) is 1.77. The molecule has 36 valence electrons.